The number of rotatable bonds is 4. The summed E-state index contributed by atoms with van der Waals surface area (Å²) in [4.78, 5) is 12.5. The second kappa shape index (κ2) is 7.30. The summed E-state index contributed by atoms with van der Waals surface area (Å²) in [7, 11) is -3.32. The lowest BCUT2D eigenvalue weighted by Crippen LogP contribution is -2.38. The number of amides is 1. The lowest BCUT2D eigenvalue weighted by Gasteiger charge is -2.29. The van der Waals surface area contributed by atoms with Crippen molar-refractivity contribution in [1.82, 2.24) is 10.2 Å². The molecule has 3 rings (SSSR count). The third-order valence-corrected chi connectivity index (χ3v) is 7.56. The number of carbonyl (C=O) groups is 1. The molecule has 2 aromatic rings. The summed E-state index contributed by atoms with van der Waals surface area (Å²) in [6.07, 6.45) is 3.38. The Labute approximate surface area is 154 Å². The number of aromatic nitrogens is 2. The molecule has 1 aromatic heterocycles. The van der Waals surface area contributed by atoms with E-state index in [1.54, 1.807) is 18.2 Å². The van der Waals surface area contributed by atoms with Crippen LogP contribution in [-0.2, 0) is 10.0 Å². The van der Waals surface area contributed by atoms with Gasteiger partial charge in [0.25, 0.3) is 5.91 Å². The molecule has 134 valence electrons. The molecule has 0 atom stereocenters. The molecule has 1 aliphatic rings. The minimum atomic E-state index is -3.32. The van der Waals surface area contributed by atoms with Gasteiger partial charge in [-0.25, -0.2) is 8.42 Å². The van der Waals surface area contributed by atoms with Crippen LogP contribution in [0.3, 0.4) is 0 Å². The van der Waals surface area contributed by atoms with Crippen LogP contribution in [-0.4, -0.2) is 43.1 Å². The SMILES string of the molecule is CSc1nnc(NC(=O)c2ccc(C)c(N3CCCCS3(=O)=O)c2)s1. The van der Waals surface area contributed by atoms with Gasteiger partial charge in [-0.3, -0.25) is 14.4 Å². The fourth-order valence-corrected chi connectivity index (χ4v) is 5.45. The number of sulfonamides is 1. The third kappa shape index (κ3) is 3.96. The molecule has 0 aliphatic carbocycles. The number of hydrogen-bond acceptors (Lipinski definition) is 7. The molecule has 0 unspecified atom stereocenters. The van der Waals surface area contributed by atoms with E-state index in [1.807, 2.05) is 13.2 Å². The van der Waals surface area contributed by atoms with Crippen LogP contribution in [0, 0.1) is 6.92 Å². The Morgan fingerprint density at radius 2 is 2.12 bits per heavy atom. The van der Waals surface area contributed by atoms with Gasteiger partial charge in [-0.15, -0.1) is 10.2 Å². The lowest BCUT2D eigenvalue weighted by atomic mass is 10.1. The van der Waals surface area contributed by atoms with Gasteiger partial charge in [-0.1, -0.05) is 29.2 Å². The fraction of sp³-hybridized carbons (Fsp3) is 0.400. The van der Waals surface area contributed by atoms with E-state index in [9.17, 15) is 13.2 Å². The van der Waals surface area contributed by atoms with E-state index in [4.69, 9.17) is 0 Å². The van der Waals surface area contributed by atoms with Crippen LogP contribution in [0.2, 0.25) is 0 Å². The maximum Gasteiger partial charge on any atom is 0.257 e. The third-order valence-electron chi connectivity index (χ3n) is 3.89. The quantitative estimate of drug-likeness (QED) is 0.629. The summed E-state index contributed by atoms with van der Waals surface area (Å²) in [6.45, 7) is 2.29. The molecule has 7 nitrogen and oxygen atoms in total. The van der Waals surface area contributed by atoms with E-state index in [-0.39, 0.29) is 11.7 Å². The molecule has 1 saturated heterocycles. The van der Waals surface area contributed by atoms with Gasteiger partial charge in [0.05, 0.1) is 11.4 Å². The van der Waals surface area contributed by atoms with Gasteiger partial charge in [0, 0.05) is 12.1 Å². The van der Waals surface area contributed by atoms with Crippen molar-refractivity contribution >= 4 is 49.8 Å². The normalized spacial score (nSPS) is 16.6. The zero-order chi connectivity index (χ0) is 18.0. The average Bonchev–Trinajstić information content (AvgIpc) is 3.03. The van der Waals surface area contributed by atoms with Crippen molar-refractivity contribution in [3.8, 4) is 0 Å². The van der Waals surface area contributed by atoms with Crippen molar-refractivity contribution in [3.63, 3.8) is 0 Å². The highest BCUT2D eigenvalue weighted by Gasteiger charge is 2.27. The van der Waals surface area contributed by atoms with Crippen LogP contribution in [0.25, 0.3) is 0 Å². The number of anilines is 2. The molecule has 1 aromatic carbocycles. The van der Waals surface area contributed by atoms with Gasteiger partial charge in [0.15, 0.2) is 4.34 Å². The number of nitrogens with one attached hydrogen (secondary N) is 1. The minimum absolute atomic E-state index is 0.144. The predicted molar refractivity (Wildman–Crippen MR) is 101 cm³/mol. The topological polar surface area (TPSA) is 92.3 Å². The minimum Gasteiger partial charge on any atom is -0.296 e. The molecule has 1 N–H and O–H groups in total. The Bertz CT molecular complexity index is 895. The molecule has 10 heteroatoms. The first-order valence-electron chi connectivity index (χ1n) is 7.70. The molecule has 0 saturated carbocycles. The first kappa shape index (κ1) is 18.2. The van der Waals surface area contributed by atoms with E-state index in [0.29, 0.717) is 29.3 Å². The number of carbonyl (C=O) groups excluding carboxylic acids is 1. The summed E-state index contributed by atoms with van der Waals surface area (Å²) in [5.41, 5.74) is 1.78. The van der Waals surface area contributed by atoms with Crippen molar-refractivity contribution in [2.75, 3.05) is 28.2 Å². The second-order valence-electron chi connectivity index (χ2n) is 5.63. The summed E-state index contributed by atoms with van der Waals surface area (Å²) in [5.74, 6) is -0.190. The number of hydrogen-bond donors (Lipinski definition) is 1. The molecule has 25 heavy (non-hydrogen) atoms. The van der Waals surface area contributed by atoms with Gasteiger partial charge >= 0.3 is 0 Å². The van der Waals surface area contributed by atoms with Crippen molar-refractivity contribution in [3.05, 3.63) is 29.3 Å². The predicted octanol–water partition coefficient (Wildman–Crippen LogP) is 2.75. The smallest absolute Gasteiger partial charge is 0.257 e. The van der Waals surface area contributed by atoms with Crippen molar-refractivity contribution in [1.29, 1.82) is 0 Å². The van der Waals surface area contributed by atoms with Crippen LogP contribution < -0.4 is 9.62 Å². The van der Waals surface area contributed by atoms with Crippen LogP contribution in [0.15, 0.2) is 22.5 Å². The Kier molecular flexibility index (Phi) is 5.30. The van der Waals surface area contributed by atoms with E-state index >= 15 is 0 Å². The van der Waals surface area contributed by atoms with Gasteiger partial charge in [-0.05, 0) is 43.7 Å². The first-order chi connectivity index (χ1) is 11.9. The Balaban J connectivity index is 1.86. The van der Waals surface area contributed by atoms with E-state index in [2.05, 4.69) is 15.5 Å². The van der Waals surface area contributed by atoms with Gasteiger partial charge in [0.2, 0.25) is 15.2 Å². The Morgan fingerprint density at radius 1 is 1.32 bits per heavy atom. The zero-order valence-corrected chi connectivity index (χ0v) is 16.3. The maximum absolute atomic E-state index is 12.5. The molecular formula is C15H18N4O3S3. The van der Waals surface area contributed by atoms with E-state index in [0.717, 1.165) is 16.3 Å². The van der Waals surface area contributed by atoms with E-state index in [1.165, 1.54) is 27.4 Å². The van der Waals surface area contributed by atoms with Crippen molar-refractivity contribution in [2.45, 2.75) is 24.1 Å². The van der Waals surface area contributed by atoms with Gasteiger partial charge < -0.3 is 0 Å². The van der Waals surface area contributed by atoms with Crippen LogP contribution >= 0.6 is 23.1 Å². The maximum atomic E-state index is 12.5. The van der Waals surface area contributed by atoms with E-state index < -0.39 is 10.0 Å². The molecule has 2 heterocycles. The highest BCUT2D eigenvalue weighted by molar-refractivity contribution is 8.00. The molecule has 1 amide bonds. The monoisotopic (exact) mass is 398 g/mol. The average molecular weight is 399 g/mol. The summed E-state index contributed by atoms with van der Waals surface area (Å²) in [5, 5.41) is 11.0. The molecule has 0 spiro atoms. The molecule has 0 bridgehead atoms. The Morgan fingerprint density at radius 3 is 2.80 bits per heavy atom. The fourth-order valence-electron chi connectivity index (χ4n) is 2.59. The number of nitrogens with zero attached hydrogens (tertiary/aromatic N) is 3. The first-order valence-corrected chi connectivity index (χ1v) is 11.4. The van der Waals surface area contributed by atoms with Gasteiger partial charge in [-0.2, -0.15) is 0 Å². The highest BCUT2D eigenvalue weighted by atomic mass is 32.2. The van der Waals surface area contributed by atoms with Gasteiger partial charge in [0.1, 0.15) is 0 Å². The molecule has 1 fully saturated rings. The van der Waals surface area contributed by atoms with Crippen LogP contribution in [0.5, 0.6) is 0 Å². The zero-order valence-electron chi connectivity index (χ0n) is 13.9. The van der Waals surface area contributed by atoms with Crippen molar-refractivity contribution in [2.24, 2.45) is 0 Å². The highest BCUT2D eigenvalue weighted by Crippen LogP contribution is 2.29. The van der Waals surface area contributed by atoms with Crippen LogP contribution in [0.1, 0.15) is 28.8 Å². The number of aryl methyl sites for hydroxylation is 1. The van der Waals surface area contributed by atoms with Crippen LogP contribution in [0.4, 0.5) is 10.8 Å². The number of benzene rings is 1. The molecule has 1 aliphatic heterocycles. The molecule has 0 radical (unpaired) electrons. The second-order valence-corrected chi connectivity index (χ2v) is 9.67. The largest absolute Gasteiger partial charge is 0.296 e. The summed E-state index contributed by atoms with van der Waals surface area (Å²) >= 11 is 2.75. The van der Waals surface area contributed by atoms with Crippen molar-refractivity contribution < 1.29 is 13.2 Å². The summed E-state index contributed by atoms with van der Waals surface area (Å²) < 4.78 is 26.9. The summed E-state index contributed by atoms with van der Waals surface area (Å²) in [6, 6.07) is 5.08. The molecular weight excluding hydrogens is 380 g/mol. The standard InChI is InChI=1S/C15H18N4O3S3/c1-10-5-6-11(13(20)16-14-17-18-15(23-2)24-14)9-12(10)19-7-3-4-8-25(19,21)22/h5-6,9H,3-4,7-8H2,1-2H3,(H,16,17,20). The lowest BCUT2D eigenvalue weighted by molar-refractivity contribution is 0.102. The number of thioether (sulfide) groups is 1. The Hall–Kier alpha value is -1.65.